The van der Waals surface area contributed by atoms with Crippen molar-refractivity contribution >= 4 is 23.4 Å². The van der Waals surface area contributed by atoms with Gasteiger partial charge in [0, 0.05) is 16.9 Å². The summed E-state index contributed by atoms with van der Waals surface area (Å²) in [5, 5.41) is 0.927. The first-order valence-electron chi connectivity index (χ1n) is 4.61. The van der Waals surface area contributed by atoms with E-state index in [9.17, 15) is 0 Å². The quantitative estimate of drug-likeness (QED) is 0.486. The van der Waals surface area contributed by atoms with E-state index < -0.39 is 0 Å². The first kappa shape index (κ1) is 9.73. The van der Waals surface area contributed by atoms with Gasteiger partial charge in [0.2, 0.25) is 0 Å². The summed E-state index contributed by atoms with van der Waals surface area (Å²) in [6.07, 6.45) is 8.67. The van der Waals surface area contributed by atoms with Gasteiger partial charge in [-0.2, -0.15) is 11.8 Å². The standard InChI is InChI=1S/C9H17ClS/c10-7-8-11-9-5-3-1-2-4-6-9/h9H,1-8H2. The molecule has 0 N–H and O–H groups in total. The lowest BCUT2D eigenvalue weighted by atomic mass is 10.2. The number of hydrogen-bond donors (Lipinski definition) is 0. The van der Waals surface area contributed by atoms with Gasteiger partial charge < -0.3 is 0 Å². The van der Waals surface area contributed by atoms with Gasteiger partial charge in [0.05, 0.1) is 0 Å². The van der Waals surface area contributed by atoms with E-state index in [4.69, 9.17) is 11.6 Å². The van der Waals surface area contributed by atoms with E-state index in [2.05, 4.69) is 11.8 Å². The Kier molecular flexibility index (Phi) is 5.47. The molecule has 0 nitrogen and oxygen atoms in total. The summed E-state index contributed by atoms with van der Waals surface area (Å²) in [5.41, 5.74) is 0. The molecule has 11 heavy (non-hydrogen) atoms. The molecule has 1 rings (SSSR count). The van der Waals surface area contributed by atoms with Crippen molar-refractivity contribution in [2.45, 2.75) is 43.8 Å². The molecule has 0 aromatic carbocycles. The third kappa shape index (κ3) is 4.27. The molecular formula is C9H17ClS. The van der Waals surface area contributed by atoms with Crippen LogP contribution in [0.15, 0.2) is 0 Å². The average Bonchev–Trinajstić information content (AvgIpc) is 2.28. The molecule has 1 aliphatic carbocycles. The number of hydrogen-bond acceptors (Lipinski definition) is 1. The molecular weight excluding hydrogens is 176 g/mol. The van der Waals surface area contributed by atoms with Crippen LogP contribution in [0.1, 0.15) is 38.5 Å². The fraction of sp³-hybridized carbons (Fsp3) is 1.00. The third-order valence-electron chi connectivity index (χ3n) is 2.23. The summed E-state index contributed by atoms with van der Waals surface area (Å²) in [5.74, 6) is 1.97. The molecule has 1 fully saturated rings. The first-order valence-corrected chi connectivity index (χ1v) is 6.19. The monoisotopic (exact) mass is 192 g/mol. The molecule has 1 aliphatic rings. The smallest absolute Gasteiger partial charge is 0.0314 e. The minimum atomic E-state index is 0.821. The van der Waals surface area contributed by atoms with Crippen LogP contribution in [0.2, 0.25) is 0 Å². The Hall–Kier alpha value is 0.640. The summed E-state index contributed by atoms with van der Waals surface area (Å²) in [4.78, 5) is 0. The lowest BCUT2D eigenvalue weighted by Crippen LogP contribution is -2.01. The van der Waals surface area contributed by atoms with E-state index in [-0.39, 0.29) is 0 Å². The van der Waals surface area contributed by atoms with Gasteiger partial charge in [0.15, 0.2) is 0 Å². The van der Waals surface area contributed by atoms with Crippen molar-refractivity contribution in [3.8, 4) is 0 Å². The van der Waals surface area contributed by atoms with E-state index in [1.807, 2.05) is 0 Å². The van der Waals surface area contributed by atoms with Crippen LogP contribution in [-0.4, -0.2) is 16.9 Å². The summed E-state index contributed by atoms with van der Waals surface area (Å²) < 4.78 is 0. The van der Waals surface area contributed by atoms with Crippen LogP contribution >= 0.6 is 23.4 Å². The second-order valence-corrected chi connectivity index (χ2v) is 4.96. The zero-order valence-corrected chi connectivity index (χ0v) is 8.59. The van der Waals surface area contributed by atoms with Crippen molar-refractivity contribution in [3.05, 3.63) is 0 Å². The molecule has 0 bridgehead atoms. The van der Waals surface area contributed by atoms with E-state index in [0.717, 1.165) is 16.9 Å². The Morgan fingerprint density at radius 1 is 1.09 bits per heavy atom. The van der Waals surface area contributed by atoms with Gasteiger partial charge in [-0.05, 0) is 12.8 Å². The topological polar surface area (TPSA) is 0 Å². The molecule has 66 valence electrons. The number of rotatable bonds is 3. The molecule has 1 saturated carbocycles. The Morgan fingerprint density at radius 3 is 2.27 bits per heavy atom. The fourth-order valence-electron chi connectivity index (χ4n) is 1.62. The predicted octanol–water partition coefficient (Wildman–Crippen LogP) is 3.68. The minimum absolute atomic E-state index is 0.821. The number of halogens is 1. The number of thioether (sulfide) groups is 1. The molecule has 0 saturated heterocycles. The van der Waals surface area contributed by atoms with Gasteiger partial charge in [0.25, 0.3) is 0 Å². The zero-order chi connectivity index (χ0) is 7.94. The third-order valence-corrected chi connectivity index (χ3v) is 4.03. The molecule has 0 unspecified atom stereocenters. The Labute approximate surface area is 79.1 Å². The second-order valence-electron chi connectivity index (χ2n) is 3.17. The normalized spacial score (nSPS) is 21.5. The molecule has 0 aliphatic heterocycles. The minimum Gasteiger partial charge on any atom is -0.157 e. The van der Waals surface area contributed by atoms with Crippen molar-refractivity contribution in [1.29, 1.82) is 0 Å². The summed E-state index contributed by atoms with van der Waals surface area (Å²) in [6.45, 7) is 0. The number of alkyl halides is 1. The van der Waals surface area contributed by atoms with E-state index in [0.29, 0.717) is 0 Å². The zero-order valence-electron chi connectivity index (χ0n) is 7.02. The van der Waals surface area contributed by atoms with Crippen LogP contribution in [0.4, 0.5) is 0 Å². The maximum atomic E-state index is 5.64. The van der Waals surface area contributed by atoms with Crippen molar-refractivity contribution in [3.63, 3.8) is 0 Å². The van der Waals surface area contributed by atoms with Gasteiger partial charge in [-0.1, -0.05) is 25.7 Å². The van der Waals surface area contributed by atoms with Crippen LogP contribution < -0.4 is 0 Å². The maximum Gasteiger partial charge on any atom is 0.0314 e. The van der Waals surface area contributed by atoms with E-state index in [1.165, 1.54) is 38.5 Å². The molecule has 0 spiro atoms. The van der Waals surface area contributed by atoms with Gasteiger partial charge in [-0.15, -0.1) is 11.6 Å². The lowest BCUT2D eigenvalue weighted by molar-refractivity contribution is 0.702. The second kappa shape index (κ2) is 6.19. The Morgan fingerprint density at radius 2 is 1.73 bits per heavy atom. The average molecular weight is 193 g/mol. The molecule has 0 radical (unpaired) electrons. The first-order chi connectivity index (χ1) is 5.43. The molecule has 2 heteroatoms. The highest BCUT2D eigenvalue weighted by atomic mass is 35.5. The van der Waals surface area contributed by atoms with Crippen LogP contribution in [0.25, 0.3) is 0 Å². The predicted molar refractivity (Wildman–Crippen MR) is 54.7 cm³/mol. The summed E-state index contributed by atoms with van der Waals surface area (Å²) in [6, 6.07) is 0. The Balaban J connectivity index is 2.09. The van der Waals surface area contributed by atoms with Crippen molar-refractivity contribution in [2.75, 3.05) is 11.6 Å². The van der Waals surface area contributed by atoms with Crippen molar-refractivity contribution in [2.24, 2.45) is 0 Å². The summed E-state index contributed by atoms with van der Waals surface area (Å²) in [7, 11) is 0. The van der Waals surface area contributed by atoms with Gasteiger partial charge in [-0.3, -0.25) is 0 Å². The van der Waals surface area contributed by atoms with Gasteiger partial charge >= 0.3 is 0 Å². The molecule has 0 amide bonds. The highest BCUT2D eigenvalue weighted by molar-refractivity contribution is 7.99. The van der Waals surface area contributed by atoms with Crippen molar-refractivity contribution in [1.82, 2.24) is 0 Å². The molecule has 0 aromatic heterocycles. The highest BCUT2D eigenvalue weighted by Crippen LogP contribution is 2.27. The van der Waals surface area contributed by atoms with Crippen LogP contribution in [0.3, 0.4) is 0 Å². The molecule has 0 aromatic rings. The van der Waals surface area contributed by atoms with Crippen LogP contribution in [0, 0.1) is 0 Å². The molecule has 0 atom stereocenters. The van der Waals surface area contributed by atoms with Crippen molar-refractivity contribution < 1.29 is 0 Å². The SMILES string of the molecule is ClCCSC1CCCCCC1. The van der Waals surface area contributed by atoms with Gasteiger partial charge in [0.1, 0.15) is 0 Å². The Bertz CT molecular complexity index is 87.6. The van der Waals surface area contributed by atoms with Crippen LogP contribution in [0.5, 0.6) is 0 Å². The maximum absolute atomic E-state index is 5.64. The largest absolute Gasteiger partial charge is 0.157 e. The lowest BCUT2D eigenvalue weighted by Gasteiger charge is -2.11. The van der Waals surface area contributed by atoms with E-state index >= 15 is 0 Å². The fourth-order valence-corrected chi connectivity index (χ4v) is 2.98. The van der Waals surface area contributed by atoms with Crippen LogP contribution in [-0.2, 0) is 0 Å². The molecule has 0 heterocycles. The summed E-state index contributed by atoms with van der Waals surface area (Å²) >= 11 is 7.72. The van der Waals surface area contributed by atoms with E-state index in [1.54, 1.807) is 0 Å². The highest BCUT2D eigenvalue weighted by Gasteiger charge is 2.11. The van der Waals surface area contributed by atoms with Gasteiger partial charge in [-0.25, -0.2) is 0 Å².